The summed E-state index contributed by atoms with van der Waals surface area (Å²) in [5.41, 5.74) is 0.847. The van der Waals surface area contributed by atoms with E-state index in [0.29, 0.717) is 25.0 Å². The third kappa shape index (κ3) is 1.49. The predicted molar refractivity (Wildman–Crippen MR) is 52.2 cm³/mol. The van der Waals surface area contributed by atoms with Crippen LogP contribution in [0.3, 0.4) is 0 Å². The third-order valence-electron chi connectivity index (χ3n) is 2.90. The van der Waals surface area contributed by atoms with Crippen LogP contribution in [-0.4, -0.2) is 27.5 Å². The minimum Gasteiger partial charge on any atom is -0.508 e. The molecule has 0 heterocycles. The highest BCUT2D eigenvalue weighted by Crippen LogP contribution is 2.33. The van der Waals surface area contributed by atoms with Crippen LogP contribution < -0.4 is 0 Å². The molecule has 1 aromatic rings. The topological polar surface area (TPSA) is 60.7 Å². The van der Waals surface area contributed by atoms with E-state index in [-0.39, 0.29) is 6.61 Å². The number of phenols is 1. The molecule has 0 saturated carbocycles. The van der Waals surface area contributed by atoms with Crippen LogP contribution in [0.1, 0.15) is 17.5 Å². The van der Waals surface area contributed by atoms with Crippen molar-refractivity contribution in [1.29, 1.82) is 0 Å². The number of aliphatic hydroxyl groups is 2. The summed E-state index contributed by atoms with van der Waals surface area (Å²) in [5, 5.41) is 28.5. The molecular weight excluding hydrogens is 180 g/mol. The van der Waals surface area contributed by atoms with Crippen LogP contribution in [0.15, 0.2) is 18.2 Å². The van der Waals surface area contributed by atoms with Gasteiger partial charge in [0.05, 0.1) is 12.2 Å². The fourth-order valence-electron chi connectivity index (χ4n) is 2.01. The summed E-state index contributed by atoms with van der Waals surface area (Å²) >= 11 is 0. The molecule has 1 aromatic carbocycles. The molecule has 1 unspecified atom stereocenters. The largest absolute Gasteiger partial charge is 0.508 e. The van der Waals surface area contributed by atoms with Crippen LogP contribution in [0.5, 0.6) is 5.75 Å². The lowest BCUT2D eigenvalue weighted by Crippen LogP contribution is -2.39. The second-order valence-electron chi connectivity index (χ2n) is 3.97. The highest BCUT2D eigenvalue weighted by atomic mass is 16.3. The van der Waals surface area contributed by atoms with Crippen molar-refractivity contribution >= 4 is 0 Å². The number of hydrogen-bond donors (Lipinski definition) is 3. The molecule has 0 radical (unpaired) electrons. The van der Waals surface area contributed by atoms with Gasteiger partial charge in [0.25, 0.3) is 0 Å². The molecule has 0 amide bonds. The maximum atomic E-state index is 9.89. The first kappa shape index (κ1) is 9.49. The van der Waals surface area contributed by atoms with Gasteiger partial charge in [-0.1, -0.05) is 12.1 Å². The average molecular weight is 194 g/mol. The molecule has 0 aromatic heterocycles. The Morgan fingerprint density at radius 2 is 2.14 bits per heavy atom. The van der Waals surface area contributed by atoms with E-state index >= 15 is 0 Å². The molecule has 2 rings (SSSR count). The number of rotatable bonds is 1. The molecule has 1 aliphatic rings. The SMILES string of the molecule is OCC1(O)CCc2c(O)cccc2C1. The summed E-state index contributed by atoms with van der Waals surface area (Å²) < 4.78 is 0. The quantitative estimate of drug-likeness (QED) is 0.613. The number of aliphatic hydroxyl groups excluding tert-OH is 1. The Morgan fingerprint density at radius 1 is 1.36 bits per heavy atom. The van der Waals surface area contributed by atoms with Crippen molar-refractivity contribution in [2.45, 2.75) is 24.9 Å². The minimum atomic E-state index is -0.999. The van der Waals surface area contributed by atoms with Gasteiger partial charge in [-0.2, -0.15) is 0 Å². The predicted octanol–water partition coefficient (Wildman–Crippen LogP) is 0.604. The molecule has 3 N–H and O–H groups in total. The molecule has 76 valence electrons. The van der Waals surface area contributed by atoms with Crippen LogP contribution >= 0.6 is 0 Å². The van der Waals surface area contributed by atoms with Crippen molar-refractivity contribution in [3.63, 3.8) is 0 Å². The number of hydrogen-bond acceptors (Lipinski definition) is 3. The van der Waals surface area contributed by atoms with E-state index in [2.05, 4.69) is 0 Å². The number of aromatic hydroxyl groups is 1. The summed E-state index contributed by atoms with van der Waals surface area (Å²) in [7, 11) is 0. The molecule has 1 atom stereocenters. The number of phenolic OH excluding ortho intramolecular Hbond substituents is 1. The van der Waals surface area contributed by atoms with Gasteiger partial charge in [-0.3, -0.25) is 0 Å². The van der Waals surface area contributed by atoms with E-state index in [1.54, 1.807) is 12.1 Å². The van der Waals surface area contributed by atoms with Gasteiger partial charge in [0.2, 0.25) is 0 Å². The fourth-order valence-corrected chi connectivity index (χ4v) is 2.01. The summed E-state index contributed by atoms with van der Waals surface area (Å²) in [4.78, 5) is 0. The van der Waals surface area contributed by atoms with Crippen LogP contribution in [0, 0.1) is 0 Å². The Labute approximate surface area is 82.6 Å². The normalized spacial score (nSPS) is 25.9. The van der Waals surface area contributed by atoms with Gasteiger partial charge in [0, 0.05) is 6.42 Å². The maximum absolute atomic E-state index is 9.89. The van der Waals surface area contributed by atoms with Crippen molar-refractivity contribution < 1.29 is 15.3 Å². The van der Waals surface area contributed by atoms with Crippen molar-refractivity contribution in [3.8, 4) is 5.75 Å². The molecule has 0 bridgehead atoms. The first-order valence-corrected chi connectivity index (χ1v) is 4.78. The van der Waals surface area contributed by atoms with E-state index < -0.39 is 5.60 Å². The van der Waals surface area contributed by atoms with Crippen molar-refractivity contribution in [2.75, 3.05) is 6.61 Å². The monoisotopic (exact) mass is 194 g/mol. The Kier molecular flexibility index (Phi) is 2.21. The van der Waals surface area contributed by atoms with E-state index in [1.807, 2.05) is 6.07 Å². The standard InChI is InChI=1S/C11H14O3/c12-7-11(14)5-4-9-8(6-11)2-1-3-10(9)13/h1-3,12-14H,4-7H2. The smallest absolute Gasteiger partial charge is 0.119 e. The minimum absolute atomic E-state index is 0.220. The first-order valence-electron chi connectivity index (χ1n) is 4.78. The van der Waals surface area contributed by atoms with E-state index in [4.69, 9.17) is 5.11 Å². The Morgan fingerprint density at radius 3 is 2.86 bits per heavy atom. The summed E-state index contributed by atoms with van der Waals surface area (Å²) in [5.74, 6) is 0.294. The van der Waals surface area contributed by atoms with E-state index in [1.165, 1.54) is 0 Å². The zero-order chi connectivity index (χ0) is 10.2. The van der Waals surface area contributed by atoms with Gasteiger partial charge >= 0.3 is 0 Å². The van der Waals surface area contributed by atoms with Gasteiger partial charge in [-0.15, -0.1) is 0 Å². The Hall–Kier alpha value is -1.06. The van der Waals surface area contributed by atoms with E-state index in [0.717, 1.165) is 11.1 Å². The Balaban J connectivity index is 2.36. The maximum Gasteiger partial charge on any atom is 0.119 e. The number of fused-ring (bicyclic) bond motifs is 1. The van der Waals surface area contributed by atoms with Crippen molar-refractivity contribution in [1.82, 2.24) is 0 Å². The van der Waals surface area contributed by atoms with Gasteiger partial charge in [0.1, 0.15) is 5.75 Å². The third-order valence-corrected chi connectivity index (χ3v) is 2.90. The molecular formula is C11H14O3. The molecule has 3 heteroatoms. The molecule has 3 nitrogen and oxygen atoms in total. The van der Waals surface area contributed by atoms with Gasteiger partial charge in [-0.05, 0) is 30.0 Å². The van der Waals surface area contributed by atoms with Gasteiger partial charge in [-0.25, -0.2) is 0 Å². The lowest BCUT2D eigenvalue weighted by molar-refractivity contribution is -0.0249. The number of benzene rings is 1. The molecule has 0 aliphatic heterocycles. The van der Waals surface area contributed by atoms with Crippen molar-refractivity contribution in [2.24, 2.45) is 0 Å². The average Bonchev–Trinajstić information content (AvgIpc) is 2.18. The second kappa shape index (κ2) is 3.26. The highest BCUT2D eigenvalue weighted by molar-refractivity contribution is 5.41. The molecule has 0 saturated heterocycles. The zero-order valence-electron chi connectivity index (χ0n) is 7.90. The Bertz CT molecular complexity index is 348. The summed E-state index contributed by atoms with van der Waals surface area (Å²) in [6.07, 6.45) is 1.56. The highest BCUT2D eigenvalue weighted by Gasteiger charge is 2.32. The second-order valence-corrected chi connectivity index (χ2v) is 3.97. The molecule has 14 heavy (non-hydrogen) atoms. The lowest BCUT2D eigenvalue weighted by atomic mass is 9.80. The zero-order valence-corrected chi connectivity index (χ0v) is 7.90. The summed E-state index contributed by atoms with van der Waals surface area (Å²) in [6.45, 7) is -0.220. The van der Waals surface area contributed by atoms with Gasteiger partial charge < -0.3 is 15.3 Å². The summed E-state index contributed by atoms with van der Waals surface area (Å²) in [6, 6.07) is 5.30. The first-order chi connectivity index (χ1) is 6.64. The molecule has 1 aliphatic carbocycles. The van der Waals surface area contributed by atoms with Crippen LogP contribution in [0.25, 0.3) is 0 Å². The van der Waals surface area contributed by atoms with Crippen LogP contribution in [0.2, 0.25) is 0 Å². The molecule has 0 spiro atoms. The van der Waals surface area contributed by atoms with Gasteiger partial charge in [0.15, 0.2) is 0 Å². The van der Waals surface area contributed by atoms with Crippen LogP contribution in [-0.2, 0) is 12.8 Å². The fraction of sp³-hybridized carbons (Fsp3) is 0.455. The molecule has 0 fully saturated rings. The van der Waals surface area contributed by atoms with Crippen molar-refractivity contribution in [3.05, 3.63) is 29.3 Å². The lowest BCUT2D eigenvalue weighted by Gasteiger charge is -2.31. The van der Waals surface area contributed by atoms with Crippen LogP contribution in [0.4, 0.5) is 0 Å². The van der Waals surface area contributed by atoms with E-state index in [9.17, 15) is 10.2 Å².